The maximum atomic E-state index is 9.05. The Balaban J connectivity index is 4.35. The number of nitrogens with one attached hydrogen (secondary N) is 1. The van der Waals surface area contributed by atoms with Crippen molar-refractivity contribution in [1.29, 1.82) is 0 Å². The zero-order valence-electron chi connectivity index (χ0n) is 5.96. The molecule has 0 aromatic rings. The smallest absolute Gasteiger partial charge is 0.135 e. The van der Waals surface area contributed by atoms with E-state index in [1.165, 1.54) is 12.2 Å². The number of aliphatic hydroxyl groups excluding tert-OH is 1. The number of allylic oxidation sites excluding steroid dienone is 3. The van der Waals surface area contributed by atoms with Gasteiger partial charge in [-0.1, -0.05) is 12.7 Å². The number of nitrogens with two attached hydrogens (primary N) is 1. The third kappa shape index (κ3) is 2.37. The molecule has 0 aromatic carbocycles. The summed E-state index contributed by atoms with van der Waals surface area (Å²) in [7, 11) is 0. The van der Waals surface area contributed by atoms with Crippen LogP contribution in [0.5, 0.6) is 0 Å². The topological polar surface area (TPSA) is 58.3 Å². The van der Waals surface area contributed by atoms with Crippen molar-refractivity contribution in [1.82, 2.24) is 5.43 Å². The van der Waals surface area contributed by atoms with Crippen LogP contribution in [-0.2, 0) is 0 Å². The van der Waals surface area contributed by atoms with Gasteiger partial charge in [-0.2, -0.15) is 0 Å². The summed E-state index contributed by atoms with van der Waals surface area (Å²) in [6.07, 6.45) is 4.65. The second kappa shape index (κ2) is 4.64. The predicted molar refractivity (Wildman–Crippen MR) is 42.0 cm³/mol. The highest BCUT2D eigenvalue weighted by Crippen LogP contribution is 1.99. The monoisotopic (exact) mass is 140 g/mol. The van der Waals surface area contributed by atoms with E-state index in [9.17, 15) is 0 Å². The minimum Gasteiger partial charge on any atom is -0.506 e. The molecule has 0 aliphatic heterocycles. The van der Waals surface area contributed by atoms with Gasteiger partial charge in [-0.15, -0.1) is 0 Å². The van der Waals surface area contributed by atoms with Gasteiger partial charge in [0.1, 0.15) is 5.76 Å². The first kappa shape index (κ1) is 8.78. The van der Waals surface area contributed by atoms with Crippen molar-refractivity contribution >= 4 is 0 Å². The van der Waals surface area contributed by atoms with Crippen LogP contribution in [0.4, 0.5) is 0 Å². The summed E-state index contributed by atoms with van der Waals surface area (Å²) in [5, 5.41) is 9.05. The van der Waals surface area contributed by atoms with E-state index in [4.69, 9.17) is 10.9 Å². The van der Waals surface area contributed by atoms with Gasteiger partial charge in [0, 0.05) is 0 Å². The van der Waals surface area contributed by atoms with Crippen molar-refractivity contribution in [3.05, 3.63) is 36.3 Å². The molecule has 0 unspecified atom stereocenters. The van der Waals surface area contributed by atoms with Crippen LogP contribution >= 0.6 is 0 Å². The van der Waals surface area contributed by atoms with Crippen LogP contribution in [0.25, 0.3) is 0 Å². The van der Waals surface area contributed by atoms with Crippen LogP contribution in [0.3, 0.4) is 0 Å². The second-order valence-corrected chi connectivity index (χ2v) is 1.63. The van der Waals surface area contributed by atoms with Gasteiger partial charge < -0.3 is 10.5 Å². The Morgan fingerprint density at radius 1 is 1.70 bits per heavy atom. The van der Waals surface area contributed by atoms with Gasteiger partial charge in [0.25, 0.3) is 0 Å². The molecule has 0 amide bonds. The fraction of sp³-hybridized carbons (Fsp3) is 0.143. The Bertz CT molecular complexity index is 170. The minimum absolute atomic E-state index is 0.113. The van der Waals surface area contributed by atoms with E-state index in [0.717, 1.165) is 0 Å². The normalized spacial score (nSPS) is 13.0. The summed E-state index contributed by atoms with van der Waals surface area (Å²) in [4.78, 5) is 0. The fourth-order valence-electron chi connectivity index (χ4n) is 0.481. The molecule has 0 fully saturated rings. The maximum Gasteiger partial charge on any atom is 0.135 e. The van der Waals surface area contributed by atoms with E-state index < -0.39 is 0 Å². The molecule has 0 spiro atoms. The Morgan fingerprint density at radius 3 is 2.60 bits per heavy atom. The average molecular weight is 140 g/mol. The lowest BCUT2D eigenvalue weighted by molar-refractivity contribution is 0.413. The molecule has 3 heteroatoms. The summed E-state index contributed by atoms with van der Waals surface area (Å²) < 4.78 is 0. The van der Waals surface area contributed by atoms with Crippen LogP contribution in [0.1, 0.15) is 6.92 Å². The van der Waals surface area contributed by atoms with E-state index in [1.807, 2.05) is 0 Å². The summed E-state index contributed by atoms with van der Waals surface area (Å²) in [5.41, 5.74) is 2.78. The largest absolute Gasteiger partial charge is 0.506 e. The molecule has 0 saturated heterocycles. The van der Waals surface area contributed by atoms with Crippen molar-refractivity contribution in [2.45, 2.75) is 6.92 Å². The molecule has 0 atom stereocenters. The van der Waals surface area contributed by atoms with E-state index in [0.29, 0.717) is 5.70 Å². The maximum absolute atomic E-state index is 9.05. The molecular weight excluding hydrogens is 128 g/mol. The van der Waals surface area contributed by atoms with Crippen LogP contribution in [0.15, 0.2) is 36.3 Å². The Labute approximate surface area is 60.5 Å². The molecule has 3 nitrogen and oxygen atoms in total. The quantitative estimate of drug-likeness (QED) is 0.237. The lowest BCUT2D eigenvalue weighted by atomic mass is 10.3. The molecule has 0 aliphatic rings. The average Bonchev–Trinajstić information content (AvgIpc) is 1.99. The summed E-state index contributed by atoms with van der Waals surface area (Å²) in [6.45, 7) is 5.17. The molecule has 0 bridgehead atoms. The number of rotatable bonds is 3. The predicted octanol–water partition coefficient (Wildman–Crippen LogP) is 0.981. The van der Waals surface area contributed by atoms with Crippen LogP contribution in [0.2, 0.25) is 0 Å². The lowest BCUT2D eigenvalue weighted by Gasteiger charge is -2.02. The minimum atomic E-state index is 0.113. The molecule has 4 N–H and O–H groups in total. The van der Waals surface area contributed by atoms with E-state index in [-0.39, 0.29) is 5.76 Å². The summed E-state index contributed by atoms with van der Waals surface area (Å²) in [5.74, 6) is 5.18. The first-order valence-electron chi connectivity index (χ1n) is 2.91. The number of hydrazine groups is 1. The van der Waals surface area contributed by atoms with Gasteiger partial charge in [-0.05, 0) is 19.1 Å². The molecule has 56 valence electrons. The lowest BCUT2D eigenvalue weighted by Crippen LogP contribution is -2.22. The van der Waals surface area contributed by atoms with Crippen molar-refractivity contribution in [3.63, 3.8) is 0 Å². The van der Waals surface area contributed by atoms with Crippen molar-refractivity contribution < 1.29 is 5.11 Å². The highest BCUT2D eigenvalue weighted by Gasteiger charge is 1.95. The van der Waals surface area contributed by atoms with E-state index >= 15 is 0 Å². The fourth-order valence-corrected chi connectivity index (χ4v) is 0.481. The van der Waals surface area contributed by atoms with Gasteiger partial charge in [0.15, 0.2) is 0 Å². The van der Waals surface area contributed by atoms with E-state index in [2.05, 4.69) is 12.0 Å². The highest BCUT2D eigenvalue weighted by atomic mass is 16.3. The van der Waals surface area contributed by atoms with Gasteiger partial charge >= 0.3 is 0 Å². The van der Waals surface area contributed by atoms with Crippen molar-refractivity contribution in [2.24, 2.45) is 5.84 Å². The highest BCUT2D eigenvalue weighted by molar-refractivity contribution is 5.25. The van der Waals surface area contributed by atoms with E-state index in [1.54, 1.807) is 13.0 Å². The van der Waals surface area contributed by atoms with Gasteiger partial charge in [-0.3, -0.25) is 5.84 Å². The third-order valence-electron chi connectivity index (χ3n) is 0.989. The Kier molecular flexibility index (Phi) is 4.07. The van der Waals surface area contributed by atoms with Crippen LogP contribution < -0.4 is 11.3 Å². The molecular formula is C7H12N2O. The zero-order valence-corrected chi connectivity index (χ0v) is 5.96. The van der Waals surface area contributed by atoms with Gasteiger partial charge in [-0.25, -0.2) is 0 Å². The molecule has 0 aromatic heterocycles. The molecule has 0 heterocycles. The first-order valence-corrected chi connectivity index (χ1v) is 2.91. The summed E-state index contributed by atoms with van der Waals surface area (Å²) in [6, 6.07) is 0. The Hall–Kier alpha value is -1.22. The second-order valence-electron chi connectivity index (χ2n) is 1.63. The molecule has 0 rings (SSSR count). The molecule has 10 heavy (non-hydrogen) atoms. The van der Waals surface area contributed by atoms with Crippen molar-refractivity contribution in [2.75, 3.05) is 0 Å². The zero-order chi connectivity index (χ0) is 7.98. The number of hydrogen-bond donors (Lipinski definition) is 3. The number of hydrogen-bond acceptors (Lipinski definition) is 3. The SMILES string of the molecule is C=C/C=C(NN)\C(O)=C/C. The molecule has 0 saturated carbocycles. The van der Waals surface area contributed by atoms with Crippen LogP contribution in [-0.4, -0.2) is 5.11 Å². The Morgan fingerprint density at radius 2 is 2.30 bits per heavy atom. The molecule has 0 aliphatic carbocycles. The first-order chi connectivity index (χ1) is 4.76. The van der Waals surface area contributed by atoms with Gasteiger partial charge in [0.2, 0.25) is 0 Å². The van der Waals surface area contributed by atoms with Crippen LogP contribution in [0, 0.1) is 0 Å². The number of aliphatic hydroxyl groups is 1. The van der Waals surface area contributed by atoms with Crippen molar-refractivity contribution in [3.8, 4) is 0 Å². The third-order valence-corrected chi connectivity index (χ3v) is 0.989. The summed E-state index contributed by atoms with van der Waals surface area (Å²) >= 11 is 0. The van der Waals surface area contributed by atoms with Gasteiger partial charge in [0.05, 0.1) is 5.70 Å². The standard InChI is InChI=1S/C7H12N2O/c1-3-5-6(9-8)7(10)4-2/h3-5,9-10H,1,8H2,2H3/b6-5+,7-4+. The molecule has 0 radical (unpaired) electrons.